The Morgan fingerprint density at radius 2 is 1.50 bits per heavy atom. The molecule has 1 N–H and O–H groups in total. The van der Waals surface area contributed by atoms with Gasteiger partial charge in [-0.2, -0.15) is 0 Å². The summed E-state index contributed by atoms with van der Waals surface area (Å²) in [6.45, 7) is 1.91. The lowest BCUT2D eigenvalue weighted by atomic mass is 10.0. The lowest BCUT2D eigenvalue weighted by Gasteiger charge is -2.17. The maximum absolute atomic E-state index is 12.3. The smallest absolute Gasteiger partial charge is 0.236 e. The third-order valence-electron chi connectivity index (χ3n) is 3.51. The van der Waals surface area contributed by atoms with Crippen LogP contribution in [-0.2, 0) is 14.6 Å². The van der Waals surface area contributed by atoms with Crippen LogP contribution >= 0.6 is 23.2 Å². The van der Waals surface area contributed by atoms with Gasteiger partial charge in [0, 0.05) is 10.0 Å². The van der Waals surface area contributed by atoms with Crippen molar-refractivity contribution in [3.63, 3.8) is 0 Å². The minimum atomic E-state index is -3.71. The van der Waals surface area contributed by atoms with Crippen LogP contribution in [0.4, 0.5) is 0 Å². The normalized spacial score (nSPS) is 12.6. The number of carbonyl (C=O) groups is 1. The highest BCUT2D eigenvalue weighted by molar-refractivity contribution is 7.92. The van der Waals surface area contributed by atoms with Crippen molar-refractivity contribution in [3.05, 3.63) is 64.1 Å². The summed E-state index contributed by atoms with van der Waals surface area (Å²) < 4.78 is 24.6. The fourth-order valence-electron chi connectivity index (χ4n) is 2.25. The molecule has 24 heavy (non-hydrogen) atoms. The Morgan fingerprint density at radius 3 is 2.00 bits per heavy atom. The molecule has 0 radical (unpaired) electrons. The fourth-order valence-corrected chi connectivity index (χ4v) is 3.65. The highest BCUT2D eigenvalue weighted by atomic mass is 35.5. The van der Waals surface area contributed by atoms with Crippen molar-refractivity contribution in [1.82, 2.24) is 5.32 Å². The maximum Gasteiger partial charge on any atom is 0.236 e. The standard InChI is InChI=1S/C17H17Cl2NO3S/c1-2-16(12-3-5-13(18)6-4-12)20-17(21)11-24(22,23)15-9-7-14(19)8-10-15/h3-10,16H,2,11H2,1H3,(H,20,21). The van der Waals surface area contributed by atoms with Crippen LogP contribution in [0.3, 0.4) is 0 Å². The number of hydrogen-bond acceptors (Lipinski definition) is 3. The highest BCUT2D eigenvalue weighted by Crippen LogP contribution is 2.20. The van der Waals surface area contributed by atoms with E-state index in [0.717, 1.165) is 5.56 Å². The van der Waals surface area contributed by atoms with Crippen molar-refractivity contribution in [1.29, 1.82) is 0 Å². The monoisotopic (exact) mass is 385 g/mol. The Hall–Kier alpha value is -1.56. The number of rotatable bonds is 6. The zero-order chi connectivity index (χ0) is 17.7. The van der Waals surface area contributed by atoms with Crippen LogP contribution in [0.15, 0.2) is 53.4 Å². The zero-order valence-corrected chi connectivity index (χ0v) is 15.3. The average molecular weight is 386 g/mol. The zero-order valence-electron chi connectivity index (χ0n) is 13.0. The second-order valence-electron chi connectivity index (χ2n) is 5.29. The van der Waals surface area contributed by atoms with Crippen molar-refractivity contribution in [2.75, 3.05) is 5.75 Å². The predicted molar refractivity (Wildman–Crippen MR) is 96.1 cm³/mol. The highest BCUT2D eigenvalue weighted by Gasteiger charge is 2.21. The van der Waals surface area contributed by atoms with Gasteiger partial charge in [-0.05, 0) is 48.4 Å². The first-order valence-corrected chi connectivity index (χ1v) is 9.76. The van der Waals surface area contributed by atoms with Gasteiger partial charge in [-0.25, -0.2) is 8.42 Å². The summed E-state index contributed by atoms with van der Waals surface area (Å²) in [7, 11) is -3.71. The van der Waals surface area contributed by atoms with Crippen LogP contribution in [0, 0.1) is 0 Å². The Morgan fingerprint density at radius 1 is 1.00 bits per heavy atom. The minimum Gasteiger partial charge on any atom is -0.348 e. The lowest BCUT2D eigenvalue weighted by Crippen LogP contribution is -2.33. The number of halogens is 2. The molecule has 0 saturated carbocycles. The van der Waals surface area contributed by atoms with Gasteiger partial charge in [0.25, 0.3) is 0 Å². The van der Waals surface area contributed by atoms with E-state index >= 15 is 0 Å². The summed E-state index contributed by atoms with van der Waals surface area (Å²) in [5.41, 5.74) is 0.874. The first-order valence-electron chi connectivity index (χ1n) is 7.35. The third kappa shape index (κ3) is 4.97. The molecule has 0 aromatic heterocycles. The number of carbonyl (C=O) groups excluding carboxylic acids is 1. The Bertz CT molecular complexity index is 803. The number of sulfone groups is 1. The van der Waals surface area contributed by atoms with Crippen molar-refractivity contribution in [2.24, 2.45) is 0 Å². The van der Waals surface area contributed by atoms with E-state index in [1.54, 1.807) is 12.1 Å². The molecular weight excluding hydrogens is 369 g/mol. The van der Waals surface area contributed by atoms with E-state index in [2.05, 4.69) is 5.32 Å². The number of amides is 1. The number of benzene rings is 2. The quantitative estimate of drug-likeness (QED) is 0.815. The van der Waals surface area contributed by atoms with Gasteiger partial charge in [0.1, 0.15) is 5.75 Å². The molecule has 128 valence electrons. The molecule has 0 saturated heterocycles. The molecule has 2 rings (SSSR count). The van der Waals surface area contributed by atoms with Crippen LogP contribution in [-0.4, -0.2) is 20.1 Å². The molecule has 1 atom stereocenters. The van der Waals surface area contributed by atoms with Crippen molar-refractivity contribution in [2.45, 2.75) is 24.3 Å². The summed E-state index contributed by atoms with van der Waals surface area (Å²) in [6, 6.07) is 12.6. The van der Waals surface area contributed by atoms with Gasteiger partial charge in [-0.15, -0.1) is 0 Å². The molecule has 0 bridgehead atoms. The second kappa shape index (κ2) is 8.01. The van der Waals surface area contributed by atoms with Crippen LogP contribution in [0.5, 0.6) is 0 Å². The van der Waals surface area contributed by atoms with Gasteiger partial charge in [0.15, 0.2) is 9.84 Å². The largest absolute Gasteiger partial charge is 0.348 e. The molecular formula is C17H17Cl2NO3S. The molecule has 0 aliphatic heterocycles. The molecule has 0 heterocycles. The maximum atomic E-state index is 12.3. The number of nitrogens with one attached hydrogen (secondary N) is 1. The molecule has 0 spiro atoms. The fraction of sp³-hybridized carbons (Fsp3) is 0.235. The van der Waals surface area contributed by atoms with Crippen molar-refractivity contribution in [3.8, 4) is 0 Å². The minimum absolute atomic E-state index is 0.0709. The van der Waals surface area contributed by atoms with Crippen LogP contribution < -0.4 is 5.32 Å². The molecule has 0 fully saturated rings. The first-order chi connectivity index (χ1) is 11.3. The molecule has 0 aliphatic rings. The van der Waals surface area contributed by atoms with E-state index in [-0.39, 0.29) is 10.9 Å². The number of hydrogen-bond donors (Lipinski definition) is 1. The van der Waals surface area contributed by atoms with Crippen LogP contribution in [0.2, 0.25) is 10.0 Å². The van der Waals surface area contributed by atoms with E-state index in [9.17, 15) is 13.2 Å². The van der Waals surface area contributed by atoms with Crippen LogP contribution in [0.25, 0.3) is 0 Å². The first kappa shape index (κ1) is 18.8. The SMILES string of the molecule is CCC(NC(=O)CS(=O)(=O)c1ccc(Cl)cc1)c1ccc(Cl)cc1. The lowest BCUT2D eigenvalue weighted by molar-refractivity contribution is -0.119. The van der Waals surface area contributed by atoms with Gasteiger partial charge < -0.3 is 5.32 Å². The average Bonchev–Trinajstić information content (AvgIpc) is 2.53. The molecule has 2 aromatic rings. The van der Waals surface area contributed by atoms with E-state index in [0.29, 0.717) is 16.5 Å². The van der Waals surface area contributed by atoms with Crippen molar-refractivity contribution >= 4 is 38.9 Å². The summed E-state index contributed by atoms with van der Waals surface area (Å²) in [6.07, 6.45) is 0.633. The van der Waals surface area contributed by atoms with Crippen molar-refractivity contribution < 1.29 is 13.2 Å². The molecule has 7 heteroatoms. The Kier molecular flexibility index (Phi) is 6.27. The third-order valence-corrected chi connectivity index (χ3v) is 5.65. The van der Waals surface area contributed by atoms with Gasteiger partial charge >= 0.3 is 0 Å². The summed E-state index contributed by atoms with van der Waals surface area (Å²) in [5, 5.41) is 3.79. The van der Waals surface area contributed by atoms with E-state index in [1.807, 2.05) is 19.1 Å². The summed E-state index contributed by atoms with van der Waals surface area (Å²) >= 11 is 11.6. The summed E-state index contributed by atoms with van der Waals surface area (Å²) in [4.78, 5) is 12.2. The Balaban J connectivity index is 2.08. The van der Waals surface area contributed by atoms with Gasteiger partial charge in [-0.3, -0.25) is 4.79 Å². The molecule has 2 aromatic carbocycles. The van der Waals surface area contributed by atoms with Gasteiger partial charge in [-0.1, -0.05) is 42.3 Å². The molecule has 0 aliphatic carbocycles. The predicted octanol–water partition coefficient (Wildman–Crippen LogP) is 4.03. The van der Waals surface area contributed by atoms with E-state index in [1.165, 1.54) is 24.3 Å². The van der Waals surface area contributed by atoms with Gasteiger partial charge in [0.05, 0.1) is 10.9 Å². The van der Waals surface area contributed by atoms with Crippen LogP contribution in [0.1, 0.15) is 24.9 Å². The topological polar surface area (TPSA) is 63.2 Å². The van der Waals surface area contributed by atoms with E-state index < -0.39 is 21.5 Å². The second-order valence-corrected chi connectivity index (χ2v) is 8.16. The molecule has 1 unspecified atom stereocenters. The Labute approximate surface area is 151 Å². The molecule has 4 nitrogen and oxygen atoms in total. The van der Waals surface area contributed by atoms with E-state index in [4.69, 9.17) is 23.2 Å². The molecule has 1 amide bonds. The van der Waals surface area contributed by atoms with Gasteiger partial charge in [0.2, 0.25) is 5.91 Å². The summed E-state index contributed by atoms with van der Waals surface area (Å²) in [5.74, 6) is -1.16.